The highest BCUT2D eigenvalue weighted by molar-refractivity contribution is 6.10. The fourth-order valence-electron chi connectivity index (χ4n) is 2.84. The van der Waals surface area contributed by atoms with Crippen molar-refractivity contribution in [2.75, 3.05) is 22.6 Å². The molecule has 3 aromatic rings. The number of phenolic OH excluding ortho intramolecular Hbond substituents is 2. The second-order valence-electron chi connectivity index (χ2n) is 6.43. The van der Waals surface area contributed by atoms with Crippen molar-refractivity contribution in [2.45, 2.75) is 0 Å². The molecule has 6 N–H and O–H groups in total. The molecule has 0 atom stereocenters. The van der Waals surface area contributed by atoms with E-state index in [0.717, 1.165) is 6.07 Å². The minimum atomic E-state index is -1.05. The van der Waals surface area contributed by atoms with E-state index in [1.165, 1.54) is 24.4 Å². The molecule has 1 aliphatic heterocycles. The van der Waals surface area contributed by atoms with E-state index in [4.69, 9.17) is 4.74 Å². The van der Waals surface area contributed by atoms with Crippen LogP contribution in [0.3, 0.4) is 0 Å². The summed E-state index contributed by atoms with van der Waals surface area (Å²) in [5.41, 5.74) is -0.790. The highest BCUT2D eigenvalue weighted by atomic mass is 19.1. The number of fused-ring (bicyclic) bond motifs is 1. The maximum absolute atomic E-state index is 14.2. The Labute approximate surface area is 172 Å². The van der Waals surface area contributed by atoms with Gasteiger partial charge in [0.1, 0.15) is 28.9 Å². The number of phenols is 2. The summed E-state index contributed by atoms with van der Waals surface area (Å²) in [7, 11) is 0. The molecule has 31 heavy (non-hydrogen) atoms. The normalized spacial score (nSPS) is 12.4. The number of benzene rings is 2. The van der Waals surface area contributed by atoms with E-state index in [1.54, 1.807) is 0 Å². The summed E-state index contributed by atoms with van der Waals surface area (Å²) in [6.45, 7) is -0.237. The Bertz CT molecular complexity index is 1210. The first kappa shape index (κ1) is 19.7. The second kappa shape index (κ2) is 7.67. The van der Waals surface area contributed by atoms with Crippen molar-refractivity contribution < 1.29 is 33.7 Å². The molecule has 0 saturated carbocycles. The summed E-state index contributed by atoms with van der Waals surface area (Å²) in [4.78, 5) is 36.3. The lowest BCUT2D eigenvalue weighted by Crippen LogP contribution is -2.25. The molecule has 12 heteroatoms. The molecule has 0 bridgehead atoms. The van der Waals surface area contributed by atoms with Crippen molar-refractivity contribution in [3.8, 4) is 17.2 Å². The van der Waals surface area contributed by atoms with Gasteiger partial charge in [-0.05, 0) is 6.07 Å². The number of carbonyl (C=O) groups is 3. The smallest absolute Gasteiger partial charge is 0.262 e. The molecule has 158 valence electrons. The summed E-state index contributed by atoms with van der Waals surface area (Å²) in [6.07, 6.45) is 1.38. The van der Waals surface area contributed by atoms with E-state index < -0.39 is 46.2 Å². The topological polar surface area (TPSA) is 166 Å². The van der Waals surface area contributed by atoms with Gasteiger partial charge >= 0.3 is 0 Å². The van der Waals surface area contributed by atoms with Gasteiger partial charge in [0.05, 0.1) is 28.7 Å². The Morgan fingerprint density at radius 3 is 2.58 bits per heavy atom. The number of amides is 3. The molecule has 0 unspecified atom stereocenters. The SMILES string of the molecule is O=C1COc2cc(NC(=O)c3cc(C(=O)Nc4ccn[nH]4)c(F)cc3O)c(O)cc2N1. The molecule has 11 nitrogen and oxygen atoms in total. The van der Waals surface area contributed by atoms with Crippen molar-refractivity contribution >= 4 is 34.9 Å². The van der Waals surface area contributed by atoms with Crippen molar-refractivity contribution in [2.24, 2.45) is 0 Å². The maximum Gasteiger partial charge on any atom is 0.262 e. The third-order valence-electron chi connectivity index (χ3n) is 4.30. The number of aromatic nitrogens is 2. The molecule has 2 heterocycles. The van der Waals surface area contributed by atoms with Crippen LogP contribution >= 0.6 is 0 Å². The Morgan fingerprint density at radius 1 is 1.06 bits per heavy atom. The average molecular weight is 427 g/mol. The lowest BCUT2D eigenvalue weighted by Gasteiger charge is -2.19. The standard InChI is InChI=1S/C19H14FN5O6/c20-10-4-13(26)9(3-8(10)18(29)24-16-1-2-21-25-16)19(30)23-11-6-15-12(5-14(11)27)22-17(28)7-31-15/h1-6,26-27H,7H2,(H,22,28)(H,23,30)(H2,21,24,25,29). The van der Waals surface area contributed by atoms with Crippen LogP contribution in [0, 0.1) is 5.82 Å². The summed E-state index contributed by atoms with van der Waals surface area (Å²) in [5.74, 6) is -3.96. The predicted octanol–water partition coefficient (Wildman–Crippen LogP) is 1.80. The second-order valence-corrected chi connectivity index (χ2v) is 6.43. The molecule has 3 amide bonds. The zero-order valence-electron chi connectivity index (χ0n) is 15.5. The molecule has 4 rings (SSSR count). The van der Waals surface area contributed by atoms with Gasteiger partial charge in [0.15, 0.2) is 6.61 Å². The van der Waals surface area contributed by atoms with Gasteiger partial charge in [0.2, 0.25) is 0 Å². The third-order valence-corrected chi connectivity index (χ3v) is 4.30. The number of hydrogen-bond acceptors (Lipinski definition) is 7. The lowest BCUT2D eigenvalue weighted by molar-refractivity contribution is -0.118. The number of carbonyl (C=O) groups excluding carboxylic acids is 3. The molecule has 0 spiro atoms. The summed E-state index contributed by atoms with van der Waals surface area (Å²) in [6, 6.07) is 5.39. The van der Waals surface area contributed by atoms with Crippen LogP contribution in [0.15, 0.2) is 36.5 Å². The minimum Gasteiger partial charge on any atom is -0.507 e. The molecular formula is C19H14FN5O6. The Kier molecular flexibility index (Phi) is 4.87. The van der Waals surface area contributed by atoms with Gasteiger partial charge in [-0.2, -0.15) is 5.10 Å². The van der Waals surface area contributed by atoms with E-state index >= 15 is 0 Å². The van der Waals surface area contributed by atoms with Crippen molar-refractivity contribution in [1.29, 1.82) is 0 Å². The molecule has 1 aromatic heterocycles. The van der Waals surface area contributed by atoms with Crippen LogP contribution in [0.2, 0.25) is 0 Å². The number of rotatable bonds is 4. The summed E-state index contributed by atoms with van der Waals surface area (Å²) >= 11 is 0. The number of aromatic hydroxyl groups is 2. The molecule has 0 fully saturated rings. The van der Waals surface area contributed by atoms with Crippen molar-refractivity contribution in [3.63, 3.8) is 0 Å². The van der Waals surface area contributed by atoms with Crippen LogP contribution < -0.4 is 20.7 Å². The number of aromatic amines is 1. The maximum atomic E-state index is 14.2. The molecule has 0 aliphatic carbocycles. The largest absolute Gasteiger partial charge is 0.507 e. The van der Waals surface area contributed by atoms with Crippen LogP contribution in [-0.4, -0.2) is 44.7 Å². The molecular weight excluding hydrogens is 413 g/mol. The van der Waals surface area contributed by atoms with Crippen LogP contribution in [0.25, 0.3) is 0 Å². The first-order valence-corrected chi connectivity index (χ1v) is 8.76. The number of ether oxygens (including phenoxy) is 1. The number of hydrogen-bond donors (Lipinski definition) is 6. The predicted molar refractivity (Wildman–Crippen MR) is 105 cm³/mol. The van der Waals surface area contributed by atoms with E-state index in [-0.39, 0.29) is 29.5 Å². The van der Waals surface area contributed by atoms with Crippen LogP contribution in [0.5, 0.6) is 17.2 Å². The number of anilines is 3. The fraction of sp³-hybridized carbons (Fsp3) is 0.0526. The molecule has 2 aromatic carbocycles. The number of halogens is 1. The van der Waals surface area contributed by atoms with Crippen LogP contribution in [0.1, 0.15) is 20.7 Å². The van der Waals surface area contributed by atoms with Gasteiger partial charge < -0.3 is 30.9 Å². The summed E-state index contributed by atoms with van der Waals surface area (Å²) in [5, 5.41) is 33.5. The van der Waals surface area contributed by atoms with Gasteiger partial charge in [0, 0.05) is 24.3 Å². The zero-order valence-corrected chi connectivity index (χ0v) is 15.5. The Balaban J connectivity index is 1.60. The number of nitrogens with one attached hydrogen (secondary N) is 4. The summed E-state index contributed by atoms with van der Waals surface area (Å²) < 4.78 is 19.4. The quantitative estimate of drug-likeness (QED) is 0.345. The first-order valence-electron chi connectivity index (χ1n) is 8.76. The van der Waals surface area contributed by atoms with Gasteiger partial charge in [-0.1, -0.05) is 0 Å². The van der Waals surface area contributed by atoms with E-state index in [2.05, 4.69) is 26.1 Å². The Morgan fingerprint density at radius 2 is 1.84 bits per heavy atom. The fourth-order valence-corrected chi connectivity index (χ4v) is 2.84. The van der Waals surface area contributed by atoms with Gasteiger partial charge in [-0.15, -0.1) is 0 Å². The zero-order chi connectivity index (χ0) is 22.1. The molecule has 1 aliphatic rings. The average Bonchev–Trinajstić information content (AvgIpc) is 3.21. The lowest BCUT2D eigenvalue weighted by atomic mass is 10.1. The number of H-pyrrole nitrogens is 1. The van der Waals surface area contributed by atoms with E-state index in [1.807, 2.05) is 0 Å². The molecule has 0 saturated heterocycles. The van der Waals surface area contributed by atoms with Crippen molar-refractivity contribution in [3.05, 3.63) is 53.5 Å². The number of nitrogens with zero attached hydrogens (tertiary/aromatic N) is 1. The van der Waals surface area contributed by atoms with Crippen molar-refractivity contribution in [1.82, 2.24) is 10.2 Å². The Hall–Kier alpha value is -4.61. The minimum absolute atomic E-state index is 0.0907. The van der Waals surface area contributed by atoms with Gasteiger partial charge in [-0.3, -0.25) is 19.5 Å². The van der Waals surface area contributed by atoms with Crippen LogP contribution in [0.4, 0.5) is 21.6 Å². The monoisotopic (exact) mass is 427 g/mol. The highest BCUT2D eigenvalue weighted by Crippen LogP contribution is 2.37. The van der Waals surface area contributed by atoms with Gasteiger partial charge in [-0.25, -0.2) is 4.39 Å². The first-order chi connectivity index (χ1) is 14.8. The van der Waals surface area contributed by atoms with Gasteiger partial charge in [0.25, 0.3) is 17.7 Å². The van der Waals surface area contributed by atoms with E-state index in [0.29, 0.717) is 6.07 Å². The highest BCUT2D eigenvalue weighted by Gasteiger charge is 2.23. The van der Waals surface area contributed by atoms with E-state index in [9.17, 15) is 29.0 Å². The third kappa shape index (κ3) is 3.94. The molecule has 0 radical (unpaired) electrons. The van der Waals surface area contributed by atoms with Crippen LogP contribution in [-0.2, 0) is 4.79 Å².